The zero-order chi connectivity index (χ0) is 13.5. The molecule has 0 aliphatic heterocycles. The van der Waals surface area contributed by atoms with Gasteiger partial charge in [-0.1, -0.05) is 11.3 Å². The van der Waals surface area contributed by atoms with E-state index < -0.39 is 15.8 Å². The van der Waals surface area contributed by atoms with Gasteiger partial charge in [-0.2, -0.15) is 8.42 Å². The zero-order valence-electron chi connectivity index (χ0n) is 9.20. The Kier molecular flexibility index (Phi) is 2.72. The molecular weight excluding hydrogens is 293 g/mol. The van der Waals surface area contributed by atoms with Crippen molar-refractivity contribution in [2.75, 3.05) is 4.72 Å². The number of hydrogen-bond donors (Lipinski definition) is 1. The molecular formula is C10H6FN3O3S2. The lowest BCUT2D eigenvalue weighted by molar-refractivity contribution is 0.484. The molecule has 3 aromatic rings. The summed E-state index contributed by atoms with van der Waals surface area (Å²) in [5.41, 5.74) is 1.69. The largest absolute Gasteiger partial charge is 0.443 e. The van der Waals surface area contributed by atoms with E-state index in [1.807, 2.05) is 0 Å². The van der Waals surface area contributed by atoms with Crippen molar-refractivity contribution in [3.8, 4) is 0 Å². The lowest BCUT2D eigenvalue weighted by Gasteiger charge is -1.99. The van der Waals surface area contributed by atoms with Crippen molar-refractivity contribution in [1.82, 2.24) is 10.2 Å². The number of anilines is 1. The number of fused-ring (bicyclic) bond motifs is 1. The van der Waals surface area contributed by atoms with Crippen molar-refractivity contribution in [1.29, 1.82) is 0 Å². The van der Waals surface area contributed by atoms with Crippen LogP contribution in [0.5, 0.6) is 0 Å². The van der Waals surface area contributed by atoms with Crippen LogP contribution in [0.1, 0.15) is 0 Å². The molecule has 0 fully saturated rings. The van der Waals surface area contributed by atoms with Crippen LogP contribution >= 0.6 is 11.3 Å². The van der Waals surface area contributed by atoms with Gasteiger partial charge in [-0.05, 0) is 18.2 Å². The van der Waals surface area contributed by atoms with Crippen LogP contribution in [0.3, 0.4) is 0 Å². The van der Waals surface area contributed by atoms with Crippen molar-refractivity contribution < 1.29 is 17.2 Å². The first kappa shape index (κ1) is 12.1. The van der Waals surface area contributed by atoms with Crippen molar-refractivity contribution in [3.05, 3.63) is 35.6 Å². The van der Waals surface area contributed by atoms with Crippen molar-refractivity contribution >= 4 is 37.5 Å². The quantitative estimate of drug-likeness (QED) is 0.801. The maximum atomic E-state index is 13.0. The lowest BCUT2D eigenvalue weighted by atomic mass is 10.2. The van der Waals surface area contributed by atoms with Crippen molar-refractivity contribution in [2.24, 2.45) is 0 Å². The van der Waals surface area contributed by atoms with Crippen LogP contribution in [-0.2, 0) is 10.0 Å². The molecule has 1 N–H and O–H groups in total. The maximum absolute atomic E-state index is 13.0. The predicted molar refractivity (Wildman–Crippen MR) is 66.9 cm³/mol. The molecule has 0 aliphatic carbocycles. The van der Waals surface area contributed by atoms with Crippen LogP contribution in [0.25, 0.3) is 11.0 Å². The Morgan fingerprint density at radius 1 is 1.32 bits per heavy atom. The van der Waals surface area contributed by atoms with Gasteiger partial charge in [-0.25, -0.2) is 4.39 Å². The van der Waals surface area contributed by atoms with Gasteiger partial charge in [-0.3, -0.25) is 4.72 Å². The van der Waals surface area contributed by atoms with Crippen molar-refractivity contribution in [2.45, 2.75) is 5.09 Å². The van der Waals surface area contributed by atoms with Crippen LogP contribution in [0.2, 0.25) is 0 Å². The molecule has 0 amide bonds. The van der Waals surface area contributed by atoms with E-state index in [4.69, 9.17) is 4.42 Å². The Labute approximate surface area is 110 Å². The summed E-state index contributed by atoms with van der Waals surface area (Å²) in [4.78, 5) is 0. The highest BCUT2D eigenvalue weighted by Crippen LogP contribution is 2.25. The number of rotatable bonds is 3. The minimum absolute atomic E-state index is 0.131. The average molecular weight is 299 g/mol. The number of nitrogens with zero attached hydrogens (tertiary/aromatic N) is 2. The zero-order valence-corrected chi connectivity index (χ0v) is 10.8. The van der Waals surface area contributed by atoms with Gasteiger partial charge >= 0.3 is 0 Å². The molecule has 1 aromatic carbocycles. The van der Waals surface area contributed by atoms with Gasteiger partial charge in [0.05, 0.1) is 0 Å². The third-order valence-corrected chi connectivity index (χ3v) is 4.23. The maximum Gasteiger partial charge on any atom is 0.297 e. The first-order chi connectivity index (χ1) is 9.04. The monoisotopic (exact) mass is 299 g/mol. The Morgan fingerprint density at radius 2 is 2.16 bits per heavy atom. The summed E-state index contributed by atoms with van der Waals surface area (Å²) >= 11 is 1.04. The second kappa shape index (κ2) is 4.28. The summed E-state index contributed by atoms with van der Waals surface area (Å²) in [5, 5.41) is 7.29. The normalized spacial score (nSPS) is 11.8. The second-order valence-electron chi connectivity index (χ2n) is 3.60. The lowest BCUT2D eigenvalue weighted by Crippen LogP contribution is -2.11. The van der Waals surface area contributed by atoms with E-state index >= 15 is 0 Å². The number of aromatic nitrogens is 2. The smallest absolute Gasteiger partial charge is 0.297 e. The molecule has 0 bridgehead atoms. The fourth-order valence-corrected chi connectivity index (χ4v) is 3.17. The van der Waals surface area contributed by atoms with E-state index in [-0.39, 0.29) is 10.2 Å². The van der Waals surface area contributed by atoms with Gasteiger partial charge in [0.1, 0.15) is 16.9 Å². The Balaban J connectivity index is 2.03. The second-order valence-corrected chi connectivity index (χ2v) is 6.04. The molecule has 19 heavy (non-hydrogen) atoms. The van der Waals surface area contributed by atoms with E-state index in [9.17, 15) is 12.8 Å². The summed E-state index contributed by atoms with van der Waals surface area (Å²) in [7, 11) is -3.89. The third kappa shape index (κ3) is 2.29. The molecule has 2 aromatic heterocycles. The van der Waals surface area contributed by atoms with Crippen molar-refractivity contribution in [3.63, 3.8) is 0 Å². The minimum Gasteiger partial charge on any atom is -0.443 e. The molecule has 0 aliphatic rings. The molecule has 0 radical (unpaired) electrons. The summed E-state index contributed by atoms with van der Waals surface area (Å²) in [6, 6.07) is 5.01. The standard InChI is InChI=1S/C10H6FN3O3S2/c11-7-1-2-8-6(3-7)4-9(17-8)19(15,16)14-10-13-12-5-18-10/h1-5H,(H,13,14). The van der Waals surface area contributed by atoms with Gasteiger partial charge in [0.25, 0.3) is 10.0 Å². The minimum atomic E-state index is -3.89. The summed E-state index contributed by atoms with van der Waals surface area (Å²) in [6.45, 7) is 0. The highest BCUT2D eigenvalue weighted by atomic mass is 32.2. The van der Waals surface area contributed by atoms with Gasteiger partial charge in [0.15, 0.2) is 0 Å². The van der Waals surface area contributed by atoms with E-state index in [1.165, 1.54) is 29.8 Å². The van der Waals surface area contributed by atoms with Gasteiger partial charge < -0.3 is 4.42 Å². The molecule has 2 heterocycles. The Morgan fingerprint density at radius 3 is 2.89 bits per heavy atom. The van der Waals surface area contributed by atoms with Crippen LogP contribution in [0.15, 0.2) is 39.3 Å². The van der Waals surface area contributed by atoms with E-state index in [0.29, 0.717) is 11.0 Å². The fraction of sp³-hybridized carbons (Fsp3) is 0. The molecule has 3 rings (SSSR count). The number of nitrogens with one attached hydrogen (secondary N) is 1. The molecule has 9 heteroatoms. The van der Waals surface area contributed by atoms with Gasteiger partial charge in [0, 0.05) is 11.5 Å². The fourth-order valence-electron chi connectivity index (χ4n) is 1.51. The van der Waals surface area contributed by atoms with Crippen LogP contribution < -0.4 is 4.72 Å². The van der Waals surface area contributed by atoms with Crippen LogP contribution in [0.4, 0.5) is 9.52 Å². The van der Waals surface area contributed by atoms with Crippen LogP contribution in [0, 0.1) is 5.82 Å². The van der Waals surface area contributed by atoms with Crippen LogP contribution in [-0.4, -0.2) is 18.6 Å². The highest BCUT2D eigenvalue weighted by Gasteiger charge is 2.21. The summed E-state index contributed by atoms with van der Waals surface area (Å²) in [5.74, 6) is -0.464. The number of sulfonamides is 1. The molecule has 6 nitrogen and oxygen atoms in total. The van der Waals surface area contributed by atoms with Gasteiger partial charge in [0.2, 0.25) is 10.2 Å². The Bertz CT molecular complexity index is 827. The SMILES string of the molecule is O=S(=O)(Nc1nncs1)c1cc2cc(F)ccc2o1. The third-order valence-electron chi connectivity index (χ3n) is 2.30. The summed E-state index contributed by atoms with van der Waals surface area (Å²) < 4.78 is 44.4. The molecule has 98 valence electrons. The summed E-state index contributed by atoms with van der Waals surface area (Å²) in [6.07, 6.45) is 0. The number of furan rings is 1. The number of halogens is 1. The Hall–Kier alpha value is -2.00. The first-order valence-electron chi connectivity index (χ1n) is 5.03. The molecule has 0 atom stereocenters. The number of hydrogen-bond acceptors (Lipinski definition) is 6. The first-order valence-corrected chi connectivity index (χ1v) is 7.39. The predicted octanol–water partition coefficient (Wildman–Crippen LogP) is 2.22. The van der Waals surface area contributed by atoms with E-state index in [2.05, 4.69) is 14.9 Å². The molecule has 0 unspecified atom stereocenters. The van der Waals surface area contributed by atoms with E-state index in [1.54, 1.807) is 0 Å². The van der Waals surface area contributed by atoms with Gasteiger partial charge in [-0.15, -0.1) is 10.2 Å². The number of benzene rings is 1. The van der Waals surface area contributed by atoms with E-state index in [0.717, 1.165) is 11.3 Å². The molecule has 0 saturated carbocycles. The topological polar surface area (TPSA) is 85.1 Å². The molecule has 0 saturated heterocycles. The highest BCUT2D eigenvalue weighted by molar-refractivity contribution is 7.92. The average Bonchev–Trinajstić information content (AvgIpc) is 2.96. The molecule has 0 spiro atoms.